The third-order valence-electron chi connectivity index (χ3n) is 3.87. The van der Waals surface area contributed by atoms with Crippen molar-refractivity contribution in [1.29, 1.82) is 0 Å². The van der Waals surface area contributed by atoms with Crippen molar-refractivity contribution in [3.63, 3.8) is 0 Å². The van der Waals surface area contributed by atoms with E-state index < -0.39 is 0 Å². The van der Waals surface area contributed by atoms with Gasteiger partial charge < -0.3 is 0 Å². The number of benzene rings is 1. The summed E-state index contributed by atoms with van der Waals surface area (Å²) in [5, 5.41) is 2.26. The maximum Gasteiger partial charge on any atom is 0.235 e. The number of aromatic nitrogens is 1. The summed E-state index contributed by atoms with van der Waals surface area (Å²) in [5.74, 6) is 0. The van der Waals surface area contributed by atoms with Gasteiger partial charge in [0.05, 0.1) is 5.54 Å². The molecular weight excluding hydrogens is 224 g/mol. The van der Waals surface area contributed by atoms with Crippen LogP contribution in [0.4, 0.5) is 0 Å². The van der Waals surface area contributed by atoms with E-state index in [1.807, 2.05) is 12.3 Å². The van der Waals surface area contributed by atoms with Crippen LogP contribution in [0.2, 0.25) is 0 Å². The monoisotopic (exact) mass is 238 g/mol. The third-order valence-corrected chi connectivity index (χ3v) is 3.87. The van der Waals surface area contributed by atoms with Crippen LogP contribution in [-0.4, -0.2) is 11.1 Å². The maximum atomic E-state index is 10.7. The van der Waals surface area contributed by atoms with Gasteiger partial charge in [0.25, 0.3) is 0 Å². The number of nitrogens with zero attached hydrogens (tertiary/aromatic N) is 2. The molecule has 0 bridgehead atoms. The Balaban J connectivity index is 2.15. The zero-order chi connectivity index (χ0) is 12.4. The van der Waals surface area contributed by atoms with Crippen LogP contribution in [0.1, 0.15) is 31.2 Å². The van der Waals surface area contributed by atoms with Crippen molar-refractivity contribution in [3.05, 3.63) is 42.2 Å². The number of fused-ring (bicyclic) bond motifs is 1. The molecular formula is C15H14N2O. The molecule has 0 unspecified atom stereocenters. The van der Waals surface area contributed by atoms with Gasteiger partial charge in [0.2, 0.25) is 6.08 Å². The van der Waals surface area contributed by atoms with Crippen LogP contribution in [0.15, 0.2) is 41.7 Å². The Bertz CT molecular complexity index is 623. The SMILES string of the molecule is O=C=NC1(c2ccc3ccncc3c2)CCCC1. The van der Waals surface area contributed by atoms with Crippen molar-refractivity contribution in [2.24, 2.45) is 4.99 Å². The summed E-state index contributed by atoms with van der Waals surface area (Å²) in [4.78, 5) is 18.9. The Morgan fingerprint density at radius 1 is 1.17 bits per heavy atom. The predicted octanol–water partition coefficient (Wildman–Crippen LogP) is 3.34. The second-order valence-electron chi connectivity index (χ2n) is 4.88. The molecule has 1 aromatic carbocycles. The summed E-state index contributed by atoms with van der Waals surface area (Å²) >= 11 is 0. The molecule has 0 aliphatic heterocycles. The van der Waals surface area contributed by atoms with Crippen LogP contribution in [0, 0.1) is 0 Å². The van der Waals surface area contributed by atoms with Crippen LogP contribution in [-0.2, 0) is 10.3 Å². The lowest BCUT2D eigenvalue weighted by Gasteiger charge is -2.23. The van der Waals surface area contributed by atoms with Crippen molar-refractivity contribution >= 4 is 16.9 Å². The topological polar surface area (TPSA) is 42.3 Å². The predicted molar refractivity (Wildman–Crippen MR) is 70.0 cm³/mol. The standard InChI is InChI=1S/C15H14N2O/c18-11-17-15(6-1-2-7-15)14-4-3-12-5-8-16-10-13(12)9-14/h3-5,8-10H,1-2,6-7H2. The minimum absolute atomic E-state index is 0.341. The first-order valence-electron chi connectivity index (χ1n) is 6.27. The molecule has 3 heteroatoms. The minimum atomic E-state index is -0.341. The van der Waals surface area contributed by atoms with Gasteiger partial charge in [-0.3, -0.25) is 4.98 Å². The van der Waals surface area contributed by atoms with Crippen LogP contribution in [0.3, 0.4) is 0 Å². The number of pyridine rings is 1. The quantitative estimate of drug-likeness (QED) is 0.594. The highest BCUT2D eigenvalue weighted by Gasteiger charge is 2.35. The molecule has 3 rings (SSSR count). The Kier molecular flexibility index (Phi) is 2.69. The molecule has 18 heavy (non-hydrogen) atoms. The van der Waals surface area contributed by atoms with E-state index in [4.69, 9.17) is 0 Å². The second-order valence-corrected chi connectivity index (χ2v) is 4.88. The fourth-order valence-electron chi connectivity index (χ4n) is 2.89. The summed E-state index contributed by atoms with van der Waals surface area (Å²) in [6.07, 6.45) is 9.52. The Labute approximate surface area is 106 Å². The third kappa shape index (κ3) is 1.73. The van der Waals surface area contributed by atoms with Gasteiger partial charge in [0, 0.05) is 17.8 Å². The van der Waals surface area contributed by atoms with E-state index in [-0.39, 0.29) is 5.54 Å². The van der Waals surface area contributed by atoms with Gasteiger partial charge in [-0.2, -0.15) is 4.99 Å². The van der Waals surface area contributed by atoms with Gasteiger partial charge in [-0.25, -0.2) is 4.79 Å². The van der Waals surface area contributed by atoms with Gasteiger partial charge in [-0.15, -0.1) is 0 Å². The zero-order valence-electron chi connectivity index (χ0n) is 10.1. The number of rotatable bonds is 2. The number of hydrogen-bond acceptors (Lipinski definition) is 3. The molecule has 2 aromatic rings. The van der Waals surface area contributed by atoms with Crippen molar-refractivity contribution in [2.75, 3.05) is 0 Å². The molecule has 1 saturated carbocycles. The maximum absolute atomic E-state index is 10.7. The van der Waals surface area contributed by atoms with Gasteiger partial charge >= 0.3 is 0 Å². The Morgan fingerprint density at radius 2 is 2.00 bits per heavy atom. The van der Waals surface area contributed by atoms with E-state index in [9.17, 15) is 4.79 Å². The average Bonchev–Trinajstić information content (AvgIpc) is 2.88. The summed E-state index contributed by atoms with van der Waals surface area (Å²) in [5.41, 5.74) is 0.773. The summed E-state index contributed by atoms with van der Waals surface area (Å²) in [7, 11) is 0. The normalized spacial score (nSPS) is 17.6. The Morgan fingerprint density at radius 3 is 2.78 bits per heavy atom. The van der Waals surface area contributed by atoms with Crippen LogP contribution < -0.4 is 0 Å². The fraction of sp³-hybridized carbons (Fsp3) is 0.333. The first-order valence-corrected chi connectivity index (χ1v) is 6.27. The molecule has 0 radical (unpaired) electrons. The van der Waals surface area contributed by atoms with Crippen molar-refractivity contribution in [1.82, 2.24) is 4.98 Å². The molecule has 1 aromatic heterocycles. The first kappa shape index (κ1) is 11.1. The van der Waals surface area contributed by atoms with Gasteiger partial charge in [-0.05, 0) is 35.9 Å². The smallest absolute Gasteiger partial charge is 0.235 e. The summed E-state index contributed by atoms with van der Waals surface area (Å²) in [6.45, 7) is 0. The van der Waals surface area contributed by atoms with Crippen molar-refractivity contribution < 1.29 is 4.79 Å². The number of hydrogen-bond donors (Lipinski definition) is 0. The minimum Gasteiger partial charge on any atom is -0.264 e. The molecule has 0 saturated heterocycles. The van der Waals surface area contributed by atoms with Crippen LogP contribution in [0.25, 0.3) is 10.8 Å². The van der Waals surface area contributed by atoms with E-state index in [0.717, 1.165) is 42.0 Å². The molecule has 0 N–H and O–H groups in total. The molecule has 3 nitrogen and oxygen atoms in total. The number of isocyanates is 1. The highest BCUT2D eigenvalue weighted by Crippen LogP contribution is 2.42. The van der Waals surface area contributed by atoms with Crippen LogP contribution in [0.5, 0.6) is 0 Å². The average molecular weight is 238 g/mol. The molecule has 1 heterocycles. The number of carbonyl (C=O) groups excluding carboxylic acids is 1. The molecule has 0 atom stereocenters. The largest absolute Gasteiger partial charge is 0.264 e. The molecule has 1 fully saturated rings. The lowest BCUT2D eigenvalue weighted by molar-refractivity contribution is 0.456. The van der Waals surface area contributed by atoms with Crippen molar-refractivity contribution in [3.8, 4) is 0 Å². The van der Waals surface area contributed by atoms with Gasteiger partial charge in [0.1, 0.15) is 0 Å². The first-order chi connectivity index (χ1) is 8.84. The van der Waals surface area contributed by atoms with Crippen LogP contribution >= 0.6 is 0 Å². The molecule has 1 aliphatic rings. The van der Waals surface area contributed by atoms with E-state index in [2.05, 4.69) is 28.2 Å². The highest BCUT2D eigenvalue weighted by atomic mass is 16.1. The molecule has 0 amide bonds. The zero-order valence-corrected chi connectivity index (χ0v) is 10.1. The second kappa shape index (κ2) is 4.35. The Hall–Kier alpha value is -1.99. The van der Waals surface area contributed by atoms with E-state index in [0.29, 0.717) is 0 Å². The van der Waals surface area contributed by atoms with Gasteiger partial charge in [0.15, 0.2) is 0 Å². The van der Waals surface area contributed by atoms with Gasteiger partial charge in [-0.1, -0.05) is 25.0 Å². The summed E-state index contributed by atoms with van der Waals surface area (Å²) in [6, 6.07) is 8.25. The number of aliphatic imine (C=N–C) groups is 1. The highest BCUT2D eigenvalue weighted by molar-refractivity contribution is 5.82. The lowest BCUT2D eigenvalue weighted by atomic mass is 9.88. The fourth-order valence-corrected chi connectivity index (χ4v) is 2.89. The molecule has 1 aliphatic carbocycles. The van der Waals surface area contributed by atoms with Crippen molar-refractivity contribution in [2.45, 2.75) is 31.2 Å². The van der Waals surface area contributed by atoms with E-state index in [1.165, 1.54) is 0 Å². The van der Waals surface area contributed by atoms with E-state index >= 15 is 0 Å². The van der Waals surface area contributed by atoms with E-state index in [1.54, 1.807) is 12.3 Å². The summed E-state index contributed by atoms with van der Waals surface area (Å²) < 4.78 is 0. The molecule has 0 spiro atoms. The molecule has 90 valence electrons. The lowest BCUT2D eigenvalue weighted by Crippen LogP contribution is -2.18.